The van der Waals surface area contributed by atoms with Gasteiger partial charge in [-0.3, -0.25) is 4.79 Å². The van der Waals surface area contributed by atoms with Crippen LogP contribution in [0.3, 0.4) is 0 Å². The molecule has 116 valence electrons. The van der Waals surface area contributed by atoms with Gasteiger partial charge in [0, 0.05) is 12.2 Å². The second kappa shape index (κ2) is 6.69. The van der Waals surface area contributed by atoms with E-state index in [9.17, 15) is 4.79 Å². The van der Waals surface area contributed by atoms with Crippen LogP contribution in [0.25, 0.3) is 0 Å². The van der Waals surface area contributed by atoms with Crippen molar-refractivity contribution in [2.75, 3.05) is 12.3 Å². The van der Waals surface area contributed by atoms with Gasteiger partial charge in [-0.15, -0.1) is 0 Å². The fourth-order valence-electron chi connectivity index (χ4n) is 3.58. The van der Waals surface area contributed by atoms with Crippen LogP contribution in [0.1, 0.15) is 56.3 Å². The summed E-state index contributed by atoms with van der Waals surface area (Å²) in [5, 5.41) is 3.48. The van der Waals surface area contributed by atoms with Crippen LogP contribution >= 0.6 is 11.6 Å². The first kappa shape index (κ1) is 16.2. The van der Waals surface area contributed by atoms with Crippen molar-refractivity contribution < 1.29 is 4.79 Å². The molecule has 0 spiro atoms. The van der Waals surface area contributed by atoms with E-state index < -0.39 is 0 Å². The number of nitrogen functional groups attached to an aromatic ring is 1. The Labute approximate surface area is 132 Å². The van der Waals surface area contributed by atoms with Crippen LogP contribution in [0.5, 0.6) is 0 Å². The van der Waals surface area contributed by atoms with E-state index in [1.807, 2.05) is 0 Å². The molecule has 1 aliphatic rings. The number of rotatable bonds is 5. The van der Waals surface area contributed by atoms with Gasteiger partial charge in [0.15, 0.2) is 0 Å². The van der Waals surface area contributed by atoms with E-state index in [1.165, 1.54) is 25.7 Å². The molecule has 1 amide bonds. The van der Waals surface area contributed by atoms with Crippen molar-refractivity contribution >= 4 is 23.2 Å². The summed E-state index contributed by atoms with van der Waals surface area (Å²) in [6, 6.07) is 5.16. The summed E-state index contributed by atoms with van der Waals surface area (Å²) in [5.41, 5.74) is 6.96. The molecule has 0 atom stereocenters. The predicted molar refractivity (Wildman–Crippen MR) is 88.6 cm³/mol. The van der Waals surface area contributed by atoms with Gasteiger partial charge in [-0.05, 0) is 42.7 Å². The Morgan fingerprint density at radius 1 is 1.38 bits per heavy atom. The maximum Gasteiger partial charge on any atom is 0.254 e. The molecule has 1 aliphatic carbocycles. The Balaban J connectivity index is 2.06. The second-order valence-electron chi connectivity index (χ2n) is 6.69. The average Bonchev–Trinajstić information content (AvgIpc) is 2.84. The van der Waals surface area contributed by atoms with Gasteiger partial charge in [-0.2, -0.15) is 0 Å². The summed E-state index contributed by atoms with van der Waals surface area (Å²) in [5.74, 6) is 0.485. The lowest BCUT2D eigenvalue weighted by molar-refractivity contribution is 0.0923. The molecule has 2 rings (SSSR count). The summed E-state index contributed by atoms with van der Waals surface area (Å²) in [4.78, 5) is 12.4. The normalized spacial score (nSPS) is 17.1. The highest BCUT2D eigenvalue weighted by atomic mass is 35.5. The lowest BCUT2D eigenvalue weighted by Gasteiger charge is -2.31. The van der Waals surface area contributed by atoms with Gasteiger partial charge in [0.05, 0.1) is 10.6 Å². The van der Waals surface area contributed by atoms with Crippen LogP contribution in [0.2, 0.25) is 5.02 Å². The number of amides is 1. The molecule has 0 aromatic heterocycles. The molecule has 4 heteroatoms. The minimum absolute atomic E-state index is 0.159. The van der Waals surface area contributed by atoms with E-state index in [2.05, 4.69) is 19.2 Å². The highest BCUT2D eigenvalue weighted by Gasteiger charge is 2.34. The number of hydrogen-bond acceptors (Lipinski definition) is 2. The molecule has 1 aromatic rings. The van der Waals surface area contributed by atoms with Crippen molar-refractivity contribution in [3.8, 4) is 0 Å². The van der Waals surface area contributed by atoms with Gasteiger partial charge in [-0.1, -0.05) is 44.4 Å². The van der Waals surface area contributed by atoms with Gasteiger partial charge < -0.3 is 11.1 Å². The molecular weight excluding hydrogens is 284 g/mol. The molecule has 0 unspecified atom stereocenters. The zero-order chi connectivity index (χ0) is 15.5. The van der Waals surface area contributed by atoms with Crippen LogP contribution in [0, 0.1) is 11.3 Å². The van der Waals surface area contributed by atoms with Crippen LogP contribution in [0.4, 0.5) is 5.69 Å². The molecule has 0 saturated heterocycles. The van der Waals surface area contributed by atoms with Crippen molar-refractivity contribution in [1.82, 2.24) is 5.32 Å². The van der Waals surface area contributed by atoms with Crippen LogP contribution in [-0.4, -0.2) is 12.5 Å². The second-order valence-corrected chi connectivity index (χ2v) is 7.10. The Kier molecular flexibility index (Phi) is 5.15. The predicted octanol–water partition coefficient (Wildman–Crippen LogP) is 4.26. The first-order chi connectivity index (χ1) is 9.93. The van der Waals surface area contributed by atoms with E-state index in [4.69, 9.17) is 17.3 Å². The number of carbonyl (C=O) groups is 1. The summed E-state index contributed by atoms with van der Waals surface area (Å²) < 4.78 is 0. The molecule has 0 bridgehead atoms. The largest absolute Gasteiger partial charge is 0.398 e. The van der Waals surface area contributed by atoms with E-state index in [0.717, 1.165) is 6.42 Å². The molecule has 1 aromatic carbocycles. The summed E-state index contributed by atoms with van der Waals surface area (Å²) in [7, 11) is 0. The number of nitrogens with one attached hydrogen (secondary N) is 1. The van der Waals surface area contributed by atoms with Crippen molar-refractivity contribution in [2.45, 2.75) is 46.0 Å². The third-order valence-corrected chi connectivity index (χ3v) is 4.72. The number of hydrogen-bond donors (Lipinski definition) is 2. The quantitative estimate of drug-likeness (QED) is 0.799. The van der Waals surface area contributed by atoms with Gasteiger partial charge in [0.2, 0.25) is 0 Å². The molecule has 1 saturated carbocycles. The van der Waals surface area contributed by atoms with Crippen molar-refractivity contribution in [3.63, 3.8) is 0 Å². The zero-order valence-corrected chi connectivity index (χ0v) is 13.7. The summed E-state index contributed by atoms with van der Waals surface area (Å²) in [6.45, 7) is 5.20. The number of nitrogens with two attached hydrogens (primary N) is 1. The molecule has 0 radical (unpaired) electrons. The molecule has 1 fully saturated rings. The lowest BCUT2D eigenvalue weighted by Crippen LogP contribution is -2.37. The highest BCUT2D eigenvalue weighted by Crippen LogP contribution is 2.42. The zero-order valence-electron chi connectivity index (χ0n) is 12.9. The molecule has 21 heavy (non-hydrogen) atoms. The third kappa shape index (κ3) is 3.91. The maximum atomic E-state index is 12.4. The third-order valence-electron chi connectivity index (χ3n) is 4.40. The molecule has 0 aliphatic heterocycles. The number of halogens is 1. The average molecular weight is 309 g/mol. The van der Waals surface area contributed by atoms with E-state index >= 15 is 0 Å². The SMILES string of the molecule is CC(C)CC1(CNC(=O)c2c(N)cccc2Cl)CCCC1. The smallest absolute Gasteiger partial charge is 0.254 e. The number of benzene rings is 1. The first-order valence-electron chi connectivity index (χ1n) is 7.76. The summed E-state index contributed by atoms with van der Waals surface area (Å²) >= 11 is 6.10. The summed E-state index contributed by atoms with van der Waals surface area (Å²) in [6.07, 6.45) is 6.08. The molecule has 3 nitrogen and oxygen atoms in total. The monoisotopic (exact) mass is 308 g/mol. The Bertz CT molecular complexity index is 487. The fourth-order valence-corrected chi connectivity index (χ4v) is 3.85. The topological polar surface area (TPSA) is 55.1 Å². The maximum absolute atomic E-state index is 12.4. The van der Waals surface area contributed by atoms with Gasteiger partial charge >= 0.3 is 0 Å². The van der Waals surface area contributed by atoms with Crippen LogP contribution in [-0.2, 0) is 0 Å². The van der Waals surface area contributed by atoms with Crippen LogP contribution < -0.4 is 11.1 Å². The first-order valence-corrected chi connectivity index (χ1v) is 8.13. The fraction of sp³-hybridized carbons (Fsp3) is 0.588. The van der Waals surface area contributed by atoms with Crippen LogP contribution in [0.15, 0.2) is 18.2 Å². The Hall–Kier alpha value is -1.22. The van der Waals surface area contributed by atoms with Crippen molar-refractivity contribution in [2.24, 2.45) is 11.3 Å². The van der Waals surface area contributed by atoms with E-state index in [0.29, 0.717) is 28.7 Å². The minimum atomic E-state index is -0.159. The lowest BCUT2D eigenvalue weighted by atomic mass is 9.78. The standard InChI is InChI=1S/C17H25ClN2O/c1-12(2)10-17(8-3-4-9-17)11-20-16(21)15-13(18)6-5-7-14(15)19/h5-7,12H,3-4,8-11,19H2,1-2H3,(H,20,21). The van der Waals surface area contributed by atoms with Crippen molar-refractivity contribution in [3.05, 3.63) is 28.8 Å². The molecular formula is C17H25ClN2O. The minimum Gasteiger partial charge on any atom is -0.398 e. The van der Waals surface area contributed by atoms with Gasteiger partial charge in [-0.25, -0.2) is 0 Å². The van der Waals surface area contributed by atoms with Gasteiger partial charge in [0.1, 0.15) is 0 Å². The van der Waals surface area contributed by atoms with E-state index in [-0.39, 0.29) is 11.3 Å². The van der Waals surface area contributed by atoms with Crippen molar-refractivity contribution in [1.29, 1.82) is 0 Å². The number of anilines is 1. The highest BCUT2D eigenvalue weighted by molar-refractivity contribution is 6.34. The molecule has 3 N–H and O–H groups in total. The Morgan fingerprint density at radius 2 is 2.05 bits per heavy atom. The molecule has 0 heterocycles. The Morgan fingerprint density at radius 3 is 2.62 bits per heavy atom. The number of carbonyl (C=O) groups excluding carboxylic acids is 1. The van der Waals surface area contributed by atoms with E-state index in [1.54, 1.807) is 18.2 Å². The van der Waals surface area contributed by atoms with Gasteiger partial charge in [0.25, 0.3) is 5.91 Å².